The van der Waals surface area contributed by atoms with Crippen molar-refractivity contribution in [2.45, 2.75) is 34.2 Å². The second-order valence-electron chi connectivity index (χ2n) is 6.60. The van der Waals surface area contributed by atoms with E-state index in [0.717, 1.165) is 27.7 Å². The number of hydrogen-bond donors (Lipinski definition) is 0. The second-order valence-corrected chi connectivity index (χ2v) is 7.40. The van der Waals surface area contributed by atoms with E-state index in [1.54, 1.807) is 12.4 Å². The van der Waals surface area contributed by atoms with E-state index in [4.69, 9.17) is 4.74 Å². The SMILES string of the molecule is Cc1nccnc1Oc1ccc2c(nnn2CC(C)(C)C)c1Br. The van der Waals surface area contributed by atoms with Crippen LogP contribution < -0.4 is 4.74 Å². The Morgan fingerprint density at radius 1 is 1.17 bits per heavy atom. The lowest BCUT2D eigenvalue weighted by Gasteiger charge is -2.18. The molecule has 0 unspecified atom stereocenters. The van der Waals surface area contributed by atoms with Crippen molar-refractivity contribution in [1.82, 2.24) is 25.0 Å². The lowest BCUT2D eigenvalue weighted by molar-refractivity contribution is 0.327. The summed E-state index contributed by atoms with van der Waals surface area (Å²) in [7, 11) is 0. The zero-order valence-electron chi connectivity index (χ0n) is 13.5. The Bertz CT molecular complexity index is 853. The standard InChI is InChI=1S/C16H18BrN5O/c1-10-15(19-8-7-18-10)23-12-6-5-11-14(13(12)17)20-21-22(11)9-16(2,3)4/h5-8H,9H2,1-4H3. The summed E-state index contributed by atoms with van der Waals surface area (Å²) in [6.07, 6.45) is 3.24. The molecule has 0 aliphatic carbocycles. The third-order valence-corrected chi connectivity index (χ3v) is 4.02. The Balaban J connectivity index is 1.99. The molecule has 0 radical (unpaired) electrons. The molecule has 120 valence electrons. The van der Waals surface area contributed by atoms with Crippen LogP contribution in [0.2, 0.25) is 0 Å². The van der Waals surface area contributed by atoms with Gasteiger partial charge in [0.15, 0.2) is 0 Å². The zero-order chi connectivity index (χ0) is 16.6. The molecule has 0 atom stereocenters. The fraction of sp³-hybridized carbons (Fsp3) is 0.375. The van der Waals surface area contributed by atoms with Gasteiger partial charge in [0.1, 0.15) is 11.3 Å². The maximum atomic E-state index is 5.86. The highest BCUT2D eigenvalue weighted by molar-refractivity contribution is 9.10. The molecule has 7 heteroatoms. The van der Waals surface area contributed by atoms with Gasteiger partial charge in [0.25, 0.3) is 0 Å². The van der Waals surface area contributed by atoms with E-state index in [9.17, 15) is 0 Å². The molecule has 2 heterocycles. The number of nitrogens with zero attached hydrogens (tertiary/aromatic N) is 5. The average Bonchev–Trinajstić information content (AvgIpc) is 2.86. The Labute approximate surface area is 143 Å². The zero-order valence-corrected chi connectivity index (χ0v) is 15.1. The third-order valence-electron chi connectivity index (χ3n) is 3.26. The van der Waals surface area contributed by atoms with Crippen LogP contribution in [0.5, 0.6) is 11.6 Å². The first-order valence-electron chi connectivity index (χ1n) is 7.32. The normalized spacial score (nSPS) is 11.9. The van der Waals surface area contributed by atoms with Crippen LogP contribution >= 0.6 is 15.9 Å². The lowest BCUT2D eigenvalue weighted by Crippen LogP contribution is -2.16. The van der Waals surface area contributed by atoms with Crippen molar-refractivity contribution < 1.29 is 4.74 Å². The molecule has 2 aromatic heterocycles. The van der Waals surface area contributed by atoms with Crippen LogP contribution in [0, 0.1) is 12.3 Å². The first kappa shape index (κ1) is 15.9. The lowest BCUT2D eigenvalue weighted by atomic mass is 9.97. The predicted octanol–water partition coefficient (Wildman–Crippen LogP) is 4.13. The van der Waals surface area contributed by atoms with Crippen LogP contribution in [0.1, 0.15) is 26.5 Å². The minimum Gasteiger partial charge on any atom is -0.436 e. The predicted molar refractivity (Wildman–Crippen MR) is 91.5 cm³/mol. The first-order chi connectivity index (χ1) is 10.8. The number of rotatable bonds is 3. The summed E-state index contributed by atoms with van der Waals surface area (Å²) in [5, 5.41) is 8.54. The van der Waals surface area contributed by atoms with Gasteiger partial charge in [0, 0.05) is 18.9 Å². The van der Waals surface area contributed by atoms with E-state index in [1.165, 1.54) is 0 Å². The summed E-state index contributed by atoms with van der Waals surface area (Å²) in [4.78, 5) is 8.38. The Morgan fingerprint density at radius 2 is 1.91 bits per heavy atom. The number of aromatic nitrogens is 5. The summed E-state index contributed by atoms with van der Waals surface area (Å²) in [6, 6.07) is 3.86. The van der Waals surface area contributed by atoms with E-state index in [1.807, 2.05) is 23.7 Å². The highest BCUT2D eigenvalue weighted by Crippen LogP contribution is 2.35. The van der Waals surface area contributed by atoms with Crippen LogP contribution in [0.3, 0.4) is 0 Å². The number of benzene rings is 1. The second kappa shape index (κ2) is 5.88. The first-order valence-corrected chi connectivity index (χ1v) is 8.11. The van der Waals surface area contributed by atoms with Crippen LogP contribution in [-0.2, 0) is 6.54 Å². The van der Waals surface area contributed by atoms with Gasteiger partial charge in [-0.3, -0.25) is 4.98 Å². The maximum absolute atomic E-state index is 5.86. The van der Waals surface area contributed by atoms with Crippen molar-refractivity contribution >= 4 is 27.0 Å². The van der Waals surface area contributed by atoms with Crippen LogP contribution in [-0.4, -0.2) is 25.0 Å². The number of fused-ring (bicyclic) bond motifs is 1. The largest absolute Gasteiger partial charge is 0.436 e. The van der Waals surface area contributed by atoms with Crippen molar-refractivity contribution in [3.63, 3.8) is 0 Å². The van der Waals surface area contributed by atoms with E-state index >= 15 is 0 Å². The molecular formula is C16H18BrN5O. The van der Waals surface area contributed by atoms with Gasteiger partial charge < -0.3 is 4.74 Å². The Morgan fingerprint density at radius 3 is 2.61 bits per heavy atom. The van der Waals surface area contributed by atoms with Crippen LogP contribution in [0.15, 0.2) is 29.0 Å². The minimum atomic E-state index is 0.124. The highest BCUT2D eigenvalue weighted by Gasteiger charge is 2.18. The molecule has 0 aliphatic rings. The molecule has 6 nitrogen and oxygen atoms in total. The molecule has 0 fully saturated rings. The van der Waals surface area contributed by atoms with Crippen LogP contribution in [0.25, 0.3) is 11.0 Å². The molecule has 0 saturated heterocycles. The number of halogens is 1. The van der Waals surface area contributed by atoms with E-state index in [2.05, 4.69) is 57.0 Å². The summed E-state index contributed by atoms with van der Waals surface area (Å²) in [5.74, 6) is 1.12. The fourth-order valence-corrected chi connectivity index (χ4v) is 2.73. The van der Waals surface area contributed by atoms with Crippen molar-refractivity contribution in [2.24, 2.45) is 5.41 Å². The molecule has 0 spiro atoms. The van der Waals surface area contributed by atoms with Gasteiger partial charge >= 0.3 is 0 Å². The molecule has 0 N–H and O–H groups in total. The monoisotopic (exact) mass is 375 g/mol. The van der Waals surface area contributed by atoms with Gasteiger partial charge in [-0.15, -0.1) is 5.10 Å². The van der Waals surface area contributed by atoms with Gasteiger partial charge in [0.05, 0.1) is 15.7 Å². The van der Waals surface area contributed by atoms with Gasteiger partial charge in [-0.25, -0.2) is 9.67 Å². The smallest absolute Gasteiger partial charge is 0.240 e. The topological polar surface area (TPSA) is 65.7 Å². The van der Waals surface area contributed by atoms with Gasteiger partial charge in [-0.05, 0) is 40.4 Å². The molecule has 0 amide bonds. The van der Waals surface area contributed by atoms with Gasteiger partial charge in [-0.2, -0.15) is 0 Å². The van der Waals surface area contributed by atoms with Crippen molar-refractivity contribution in [2.75, 3.05) is 0 Å². The van der Waals surface area contributed by atoms with Crippen LogP contribution in [0.4, 0.5) is 0 Å². The Kier molecular flexibility index (Phi) is 4.06. The summed E-state index contributed by atoms with van der Waals surface area (Å²) in [5.41, 5.74) is 2.60. The highest BCUT2D eigenvalue weighted by atomic mass is 79.9. The van der Waals surface area contributed by atoms with Crippen molar-refractivity contribution in [3.8, 4) is 11.6 Å². The molecule has 0 bridgehead atoms. The third kappa shape index (κ3) is 3.34. The fourth-order valence-electron chi connectivity index (χ4n) is 2.23. The van der Waals surface area contributed by atoms with Crippen molar-refractivity contribution in [1.29, 1.82) is 0 Å². The van der Waals surface area contributed by atoms with E-state index in [-0.39, 0.29) is 5.41 Å². The molecule has 3 aromatic rings. The number of hydrogen-bond acceptors (Lipinski definition) is 5. The average molecular weight is 376 g/mol. The summed E-state index contributed by atoms with van der Waals surface area (Å²) >= 11 is 3.57. The maximum Gasteiger partial charge on any atom is 0.240 e. The number of ether oxygens (including phenoxy) is 1. The molecule has 1 aromatic carbocycles. The van der Waals surface area contributed by atoms with E-state index in [0.29, 0.717) is 11.6 Å². The summed E-state index contributed by atoms with van der Waals surface area (Å²) in [6.45, 7) is 9.16. The molecule has 0 saturated carbocycles. The van der Waals surface area contributed by atoms with E-state index < -0.39 is 0 Å². The number of aryl methyl sites for hydroxylation is 1. The molecule has 3 rings (SSSR count). The van der Waals surface area contributed by atoms with Crippen molar-refractivity contribution in [3.05, 3.63) is 34.7 Å². The summed E-state index contributed by atoms with van der Waals surface area (Å²) < 4.78 is 8.54. The van der Waals surface area contributed by atoms with Gasteiger partial charge in [0.2, 0.25) is 5.88 Å². The quantitative estimate of drug-likeness (QED) is 0.688. The minimum absolute atomic E-state index is 0.124. The molecular weight excluding hydrogens is 358 g/mol. The molecule has 0 aliphatic heterocycles. The Hall–Kier alpha value is -2.02. The molecule has 23 heavy (non-hydrogen) atoms. The van der Waals surface area contributed by atoms with Gasteiger partial charge in [-0.1, -0.05) is 26.0 Å².